The van der Waals surface area contributed by atoms with Gasteiger partial charge in [-0.15, -0.1) is 0 Å². The van der Waals surface area contributed by atoms with Crippen LogP contribution in [0.25, 0.3) is 6.08 Å². The Labute approximate surface area is 196 Å². The first kappa shape index (κ1) is 23.6. The van der Waals surface area contributed by atoms with Gasteiger partial charge in [0.25, 0.3) is 5.91 Å². The van der Waals surface area contributed by atoms with E-state index < -0.39 is 5.97 Å². The number of rotatable bonds is 9. The van der Waals surface area contributed by atoms with Crippen LogP contribution in [-0.2, 0) is 14.3 Å². The van der Waals surface area contributed by atoms with Gasteiger partial charge in [-0.3, -0.25) is 9.69 Å². The van der Waals surface area contributed by atoms with Gasteiger partial charge in [0.1, 0.15) is 5.75 Å². The lowest BCUT2D eigenvalue weighted by molar-refractivity contribution is -0.142. The van der Waals surface area contributed by atoms with E-state index in [2.05, 4.69) is 4.74 Å². The predicted molar refractivity (Wildman–Crippen MR) is 128 cm³/mol. The number of carbonyl (C=O) groups excluding carboxylic acids is 2. The lowest BCUT2D eigenvalue weighted by Crippen LogP contribution is -2.27. The molecule has 1 aliphatic rings. The summed E-state index contributed by atoms with van der Waals surface area (Å²) in [6.45, 7) is 4.52. The van der Waals surface area contributed by atoms with Gasteiger partial charge in [-0.2, -0.15) is 0 Å². The summed E-state index contributed by atoms with van der Waals surface area (Å²) in [5, 5.41) is 0. The minimum absolute atomic E-state index is 0.201. The van der Waals surface area contributed by atoms with Gasteiger partial charge >= 0.3 is 5.97 Å². The SMILES string of the molecule is CCOc1ccc(N2C(=O)/C(=C\c3ccc(OCC(=O)OC)c(OCC)c3)SC2=S)cc1. The second-order valence-electron chi connectivity index (χ2n) is 6.45. The zero-order valence-corrected chi connectivity index (χ0v) is 19.6. The second kappa shape index (κ2) is 11.0. The molecule has 9 heteroatoms. The van der Waals surface area contributed by atoms with Crippen LogP contribution in [0.15, 0.2) is 47.4 Å². The number of ether oxygens (including phenoxy) is 4. The van der Waals surface area contributed by atoms with E-state index in [1.807, 2.05) is 26.0 Å². The van der Waals surface area contributed by atoms with Crippen molar-refractivity contribution < 1.29 is 28.5 Å². The molecule has 2 aromatic carbocycles. The summed E-state index contributed by atoms with van der Waals surface area (Å²) >= 11 is 6.67. The summed E-state index contributed by atoms with van der Waals surface area (Å²) in [5.41, 5.74) is 1.42. The quantitative estimate of drug-likeness (QED) is 0.301. The van der Waals surface area contributed by atoms with E-state index in [0.29, 0.717) is 39.6 Å². The maximum atomic E-state index is 13.0. The summed E-state index contributed by atoms with van der Waals surface area (Å²) in [7, 11) is 1.29. The van der Waals surface area contributed by atoms with Crippen molar-refractivity contribution in [1.82, 2.24) is 0 Å². The van der Waals surface area contributed by atoms with Crippen LogP contribution in [0.5, 0.6) is 17.2 Å². The molecule has 0 aliphatic carbocycles. The molecule has 168 valence electrons. The number of thioether (sulfide) groups is 1. The van der Waals surface area contributed by atoms with Crippen LogP contribution in [0.4, 0.5) is 5.69 Å². The van der Waals surface area contributed by atoms with E-state index in [9.17, 15) is 9.59 Å². The van der Waals surface area contributed by atoms with Gasteiger partial charge in [0.2, 0.25) is 0 Å². The molecule has 0 radical (unpaired) electrons. The number of methoxy groups -OCH3 is 1. The summed E-state index contributed by atoms with van der Waals surface area (Å²) in [5.74, 6) is 0.918. The van der Waals surface area contributed by atoms with Crippen LogP contribution >= 0.6 is 24.0 Å². The summed E-state index contributed by atoms with van der Waals surface area (Å²) in [4.78, 5) is 26.4. The molecule has 1 heterocycles. The fourth-order valence-corrected chi connectivity index (χ4v) is 4.20. The second-order valence-corrected chi connectivity index (χ2v) is 8.12. The molecule has 1 saturated heterocycles. The maximum absolute atomic E-state index is 13.0. The van der Waals surface area contributed by atoms with Gasteiger partial charge in [-0.25, -0.2) is 4.79 Å². The fourth-order valence-electron chi connectivity index (χ4n) is 2.90. The molecule has 1 fully saturated rings. The molecule has 32 heavy (non-hydrogen) atoms. The molecule has 1 amide bonds. The normalized spacial score (nSPS) is 14.6. The Hall–Kier alpha value is -3.04. The third kappa shape index (κ3) is 5.60. The minimum atomic E-state index is -0.491. The number of amides is 1. The number of hydrogen-bond donors (Lipinski definition) is 0. The summed E-state index contributed by atoms with van der Waals surface area (Å²) < 4.78 is 21.6. The standard InChI is InChI=1S/C23H23NO6S2/c1-4-28-17-9-7-16(8-10-17)24-22(26)20(32-23(24)31)13-15-6-11-18(19(12-15)29-5-2)30-14-21(25)27-3/h6-13H,4-5,14H2,1-3H3/b20-13+. The topological polar surface area (TPSA) is 74.3 Å². The zero-order chi connectivity index (χ0) is 23.1. The van der Waals surface area contributed by atoms with Crippen LogP contribution in [0.3, 0.4) is 0 Å². The van der Waals surface area contributed by atoms with E-state index in [0.717, 1.165) is 11.3 Å². The molecular weight excluding hydrogens is 450 g/mol. The number of esters is 1. The highest BCUT2D eigenvalue weighted by atomic mass is 32.2. The molecule has 1 aliphatic heterocycles. The highest BCUT2D eigenvalue weighted by Crippen LogP contribution is 2.37. The molecule has 7 nitrogen and oxygen atoms in total. The Bertz CT molecular complexity index is 1040. The molecule has 0 aromatic heterocycles. The molecule has 0 bridgehead atoms. The van der Waals surface area contributed by atoms with Crippen molar-refractivity contribution in [2.45, 2.75) is 13.8 Å². The van der Waals surface area contributed by atoms with Crippen molar-refractivity contribution >= 4 is 51.9 Å². The lowest BCUT2D eigenvalue weighted by atomic mass is 10.1. The van der Waals surface area contributed by atoms with E-state index in [-0.39, 0.29) is 12.5 Å². The van der Waals surface area contributed by atoms with Crippen molar-refractivity contribution in [2.24, 2.45) is 0 Å². The highest BCUT2D eigenvalue weighted by Gasteiger charge is 2.33. The largest absolute Gasteiger partial charge is 0.494 e. The number of hydrogen-bond acceptors (Lipinski definition) is 8. The molecule has 0 atom stereocenters. The molecular formula is C23H23NO6S2. The number of thiocarbonyl (C=S) groups is 1. The first-order valence-electron chi connectivity index (χ1n) is 9.94. The number of nitrogens with zero attached hydrogens (tertiary/aromatic N) is 1. The molecule has 0 N–H and O–H groups in total. The van der Waals surface area contributed by atoms with Crippen molar-refractivity contribution in [1.29, 1.82) is 0 Å². The summed E-state index contributed by atoms with van der Waals surface area (Å²) in [6.07, 6.45) is 1.75. The smallest absolute Gasteiger partial charge is 0.343 e. The fraction of sp³-hybridized carbons (Fsp3) is 0.261. The van der Waals surface area contributed by atoms with E-state index in [1.54, 1.807) is 36.4 Å². The van der Waals surface area contributed by atoms with E-state index in [4.69, 9.17) is 26.4 Å². The average Bonchev–Trinajstić information content (AvgIpc) is 3.06. The van der Waals surface area contributed by atoms with Crippen molar-refractivity contribution in [3.63, 3.8) is 0 Å². The van der Waals surface area contributed by atoms with Gasteiger partial charge < -0.3 is 18.9 Å². The number of benzene rings is 2. The summed E-state index contributed by atoms with van der Waals surface area (Å²) in [6, 6.07) is 12.4. The minimum Gasteiger partial charge on any atom is -0.494 e. The van der Waals surface area contributed by atoms with Gasteiger partial charge in [0.15, 0.2) is 22.4 Å². The van der Waals surface area contributed by atoms with Gasteiger partial charge in [-0.1, -0.05) is 30.0 Å². The van der Waals surface area contributed by atoms with Gasteiger partial charge in [-0.05, 0) is 61.9 Å². The Morgan fingerprint density at radius 2 is 1.75 bits per heavy atom. The number of carbonyl (C=O) groups is 2. The Morgan fingerprint density at radius 1 is 1.03 bits per heavy atom. The van der Waals surface area contributed by atoms with E-state index >= 15 is 0 Å². The van der Waals surface area contributed by atoms with Crippen molar-refractivity contribution in [2.75, 3.05) is 31.8 Å². The highest BCUT2D eigenvalue weighted by molar-refractivity contribution is 8.27. The van der Waals surface area contributed by atoms with Crippen LogP contribution < -0.4 is 19.1 Å². The Balaban J connectivity index is 1.81. The average molecular weight is 474 g/mol. The zero-order valence-electron chi connectivity index (χ0n) is 18.0. The molecule has 3 rings (SSSR count). The lowest BCUT2D eigenvalue weighted by Gasteiger charge is -2.15. The monoisotopic (exact) mass is 473 g/mol. The first-order valence-corrected chi connectivity index (χ1v) is 11.2. The van der Waals surface area contributed by atoms with E-state index in [1.165, 1.54) is 23.8 Å². The molecule has 0 saturated carbocycles. The third-order valence-electron chi connectivity index (χ3n) is 4.34. The van der Waals surface area contributed by atoms with Crippen LogP contribution in [0.1, 0.15) is 19.4 Å². The van der Waals surface area contributed by atoms with Crippen LogP contribution in [0.2, 0.25) is 0 Å². The predicted octanol–water partition coefficient (Wildman–Crippen LogP) is 4.44. The third-order valence-corrected chi connectivity index (χ3v) is 5.64. The molecule has 2 aromatic rings. The van der Waals surface area contributed by atoms with Crippen molar-refractivity contribution in [3.05, 3.63) is 52.9 Å². The van der Waals surface area contributed by atoms with Crippen LogP contribution in [0, 0.1) is 0 Å². The van der Waals surface area contributed by atoms with Gasteiger partial charge in [0.05, 0.1) is 30.9 Å². The maximum Gasteiger partial charge on any atom is 0.343 e. The Kier molecular flexibility index (Phi) is 8.13. The van der Waals surface area contributed by atoms with Gasteiger partial charge in [0, 0.05) is 0 Å². The molecule has 0 unspecified atom stereocenters. The van der Waals surface area contributed by atoms with Crippen molar-refractivity contribution in [3.8, 4) is 17.2 Å². The molecule has 0 spiro atoms. The first-order chi connectivity index (χ1) is 15.5. The van der Waals surface area contributed by atoms with Crippen LogP contribution in [-0.4, -0.2) is 43.1 Å². The number of anilines is 1. The Morgan fingerprint density at radius 3 is 2.41 bits per heavy atom.